The molecule has 0 saturated carbocycles. The molecule has 0 aliphatic carbocycles. The van der Waals surface area contributed by atoms with E-state index in [1.807, 2.05) is 67.3 Å². The van der Waals surface area contributed by atoms with E-state index in [1.165, 1.54) is 0 Å². The van der Waals surface area contributed by atoms with Crippen LogP contribution in [0.15, 0.2) is 48.5 Å². The SMILES string of the molecule is CC(C)CCN1C(=O)C(C)(C)COc2ccc(NC(=O)C3(c4ccccc4)CCOCC3)cc21. The van der Waals surface area contributed by atoms with Crippen LogP contribution in [0.5, 0.6) is 5.75 Å². The zero-order chi connectivity index (χ0) is 24.3. The lowest BCUT2D eigenvalue weighted by Gasteiger charge is -2.36. The first kappa shape index (κ1) is 24.3. The van der Waals surface area contributed by atoms with Gasteiger partial charge in [-0.2, -0.15) is 0 Å². The molecular weight excluding hydrogens is 428 g/mol. The number of anilines is 2. The van der Waals surface area contributed by atoms with Crippen LogP contribution in [0.4, 0.5) is 11.4 Å². The van der Waals surface area contributed by atoms with Crippen molar-refractivity contribution in [1.29, 1.82) is 0 Å². The van der Waals surface area contributed by atoms with Crippen LogP contribution < -0.4 is 15.0 Å². The number of rotatable bonds is 6. The van der Waals surface area contributed by atoms with Crippen LogP contribution in [-0.2, 0) is 19.7 Å². The number of nitrogens with zero attached hydrogens (tertiary/aromatic N) is 1. The van der Waals surface area contributed by atoms with Crippen LogP contribution >= 0.6 is 0 Å². The molecule has 6 heteroatoms. The van der Waals surface area contributed by atoms with Gasteiger partial charge >= 0.3 is 0 Å². The number of amides is 2. The van der Waals surface area contributed by atoms with Gasteiger partial charge in [0.05, 0.1) is 16.5 Å². The van der Waals surface area contributed by atoms with Gasteiger partial charge in [0.1, 0.15) is 12.4 Å². The summed E-state index contributed by atoms with van der Waals surface area (Å²) in [5.74, 6) is 1.13. The first-order valence-corrected chi connectivity index (χ1v) is 12.3. The molecule has 4 rings (SSSR count). The summed E-state index contributed by atoms with van der Waals surface area (Å²) in [5, 5.41) is 3.15. The molecule has 0 radical (unpaired) electrons. The lowest BCUT2D eigenvalue weighted by molar-refractivity contribution is -0.127. The van der Waals surface area contributed by atoms with Gasteiger partial charge in [-0.05, 0) is 62.8 Å². The molecule has 0 unspecified atom stereocenters. The number of benzene rings is 2. The van der Waals surface area contributed by atoms with E-state index in [0.29, 0.717) is 56.6 Å². The lowest BCUT2D eigenvalue weighted by atomic mass is 9.73. The van der Waals surface area contributed by atoms with Crippen molar-refractivity contribution in [3.05, 3.63) is 54.1 Å². The summed E-state index contributed by atoms with van der Waals surface area (Å²) in [4.78, 5) is 28.9. The summed E-state index contributed by atoms with van der Waals surface area (Å²) < 4.78 is 11.6. The van der Waals surface area contributed by atoms with Crippen molar-refractivity contribution in [2.45, 2.75) is 52.4 Å². The zero-order valence-corrected chi connectivity index (χ0v) is 20.7. The minimum absolute atomic E-state index is 0.0422. The van der Waals surface area contributed by atoms with Crippen LogP contribution in [0, 0.1) is 11.3 Å². The molecule has 0 atom stereocenters. The quantitative estimate of drug-likeness (QED) is 0.640. The fourth-order valence-corrected chi connectivity index (χ4v) is 4.71. The maximum Gasteiger partial charge on any atom is 0.236 e. The topological polar surface area (TPSA) is 67.9 Å². The summed E-state index contributed by atoms with van der Waals surface area (Å²) in [6, 6.07) is 15.5. The smallest absolute Gasteiger partial charge is 0.236 e. The summed E-state index contributed by atoms with van der Waals surface area (Å²) in [6.45, 7) is 10.2. The van der Waals surface area contributed by atoms with Gasteiger partial charge in [-0.1, -0.05) is 44.2 Å². The van der Waals surface area contributed by atoms with E-state index in [2.05, 4.69) is 19.2 Å². The van der Waals surface area contributed by atoms with Crippen LogP contribution in [0.2, 0.25) is 0 Å². The summed E-state index contributed by atoms with van der Waals surface area (Å²) in [5.41, 5.74) is 1.12. The molecule has 0 bridgehead atoms. The Labute approximate surface area is 202 Å². The van der Waals surface area contributed by atoms with Crippen LogP contribution in [-0.4, -0.2) is 38.2 Å². The standard InChI is InChI=1S/C28H36N2O4/c1-20(2)12-15-30-23-18-22(10-11-24(23)34-19-27(3,4)26(30)32)29-25(31)28(13-16-33-17-14-28)21-8-6-5-7-9-21/h5-11,18,20H,12-17,19H2,1-4H3,(H,29,31). The van der Waals surface area contributed by atoms with Gasteiger partial charge in [-0.25, -0.2) is 0 Å². The summed E-state index contributed by atoms with van der Waals surface area (Å²) >= 11 is 0. The predicted octanol–water partition coefficient (Wildman–Crippen LogP) is 5.17. The monoisotopic (exact) mass is 464 g/mol. The molecule has 2 heterocycles. The van der Waals surface area contributed by atoms with Crippen molar-refractivity contribution in [2.24, 2.45) is 11.3 Å². The van der Waals surface area contributed by atoms with Crippen molar-refractivity contribution in [3.8, 4) is 5.75 Å². The fourth-order valence-electron chi connectivity index (χ4n) is 4.71. The van der Waals surface area contributed by atoms with E-state index in [9.17, 15) is 9.59 Å². The maximum atomic E-state index is 13.7. The van der Waals surface area contributed by atoms with E-state index in [0.717, 1.165) is 17.7 Å². The molecule has 2 aromatic carbocycles. The van der Waals surface area contributed by atoms with E-state index < -0.39 is 10.8 Å². The van der Waals surface area contributed by atoms with E-state index in [1.54, 1.807) is 0 Å². The highest BCUT2D eigenvalue weighted by atomic mass is 16.5. The van der Waals surface area contributed by atoms with Crippen molar-refractivity contribution in [3.63, 3.8) is 0 Å². The van der Waals surface area contributed by atoms with Gasteiger partial charge in [0.2, 0.25) is 11.8 Å². The predicted molar refractivity (Wildman–Crippen MR) is 134 cm³/mol. The van der Waals surface area contributed by atoms with Crippen molar-refractivity contribution < 1.29 is 19.1 Å². The highest BCUT2D eigenvalue weighted by Crippen LogP contribution is 2.40. The number of hydrogen-bond acceptors (Lipinski definition) is 4. The minimum Gasteiger partial charge on any atom is -0.490 e. The average molecular weight is 465 g/mol. The molecule has 2 aliphatic heterocycles. The molecule has 2 aliphatic rings. The number of hydrogen-bond donors (Lipinski definition) is 1. The highest BCUT2D eigenvalue weighted by molar-refractivity contribution is 6.02. The first-order valence-electron chi connectivity index (χ1n) is 12.3. The normalized spacial score (nSPS) is 19.2. The Morgan fingerprint density at radius 1 is 1.09 bits per heavy atom. The number of nitrogens with one attached hydrogen (secondary N) is 1. The van der Waals surface area contributed by atoms with Crippen LogP contribution in [0.1, 0.15) is 52.5 Å². The van der Waals surface area contributed by atoms with E-state index in [-0.39, 0.29) is 11.8 Å². The summed E-state index contributed by atoms with van der Waals surface area (Å²) in [7, 11) is 0. The Bertz CT molecular complexity index is 1030. The first-order chi connectivity index (χ1) is 16.2. The number of carbonyl (C=O) groups excluding carboxylic acids is 2. The van der Waals surface area contributed by atoms with Crippen LogP contribution in [0.25, 0.3) is 0 Å². The third kappa shape index (κ3) is 4.83. The molecule has 0 spiro atoms. The van der Waals surface area contributed by atoms with Gasteiger partial charge in [0.15, 0.2) is 0 Å². The Hall–Kier alpha value is -2.86. The van der Waals surface area contributed by atoms with Crippen molar-refractivity contribution in [1.82, 2.24) is 0 Å². The van der Waals surface area contributed by atoms with E-state index in [4.69, 9.17) is 9.47 Å². The number of carbonyl (C=O) groups is 2. The molecule has 182 valence electrons. The minimum atomic E-state index is -0.641. The molecule has 1 N–H and O–H groups in total. The molecule has 0 aromatic heterocycles. The molecule has 1 fully saturated rings. The molecule has 6 nitrogen and oxygen atoms in total. The van der Waals surface area contributed by atoms with Gasteiger partial charge in [-0.3, -0.25) is 9.59 Å². The molecule has 1 saturated heterocycles. The third-order valence-corrected chi connectivity index (χ3v) is 6.96. The van der Waals surface area contributed by atoms with Gasteiger partial charge in [-0.15, -0.1) is 0 Å². The Morgan fingerprint density at radius 3 is 2.47 bits per heavy atom. The second-order valence-electron chi connectivity index (χ2n) is 10.5. The van der Waals surface area contributed by atoms with Crippen molar-refractivity contribution in [2.75, 3.05) is 36.6 Å². The zero-order valence-electron chi connectivity index (χ0n) is 20.7. The third-order valence-electron chi connectivity index (χ3n) is 6.96. The number of ether oxygens (including phenoxy) is 2. The largest absolute Gasteiger partial charge is 0.490 e. The summed E-state index contributed by atoms with van der Waals surface area (Å²) in [6.07, 6.45) is 2.14. The van der Waals surface area contributed by atoms with Crippen molar-refractivity contribution >= 4 is 23.2 Å². The fraction of sp³-hybridized carbons (Fsp3) is 0.500. The second kappa shape index (κ2) is 9.79. The molecule has 2 amide bonds. The van der Waals surface area contributed by atoms with E-state index >= 15 is 0 Å². The lowest BCUT2D eigenvalue weighted by Crippen LogP contribution is -2.45. The molecule has 34 heavy (non-hydrogen) atoms. The molecular formula is C28H36N2O4. The Balaban J connectivity index is 1.66. The Morgan fingerprint density at radius 2 is 1.79 bits per heavy atom. The molecule has 2 aromatic rings. The Kier molecular flexibility index (Phi) is 6.99. The van der Waals surface area contributed by atoms with Gasteiger partial charge < -0.3 is 19.7 Å². The maximum absolute atomic E-state index is 13.7. The number of fused-ring (bicyclic) bond motifs is 1. The van der Waals surface area contributed by atoms with Gasteiger partial charge in [0, 0.05) is 25.4 Å². The van der Waals surface area contributed by atoms with Gasteiger partial charge in [0.25, 0.3) is 0 Å². The second-order valence-corrected chi connectivity index (χ2v) is 10.5. The van der Waals surface area contributed by atoms with Crippen LogP contribution in [0.3, 0.4) is 0 Å². The average Bonchev–Trinajstić information content (AvgIpc) is 2.92. The highest BCUT2D eigenvalue weighted by Gasteiger charge is 2.42.